The zero-order valence-electron chi connectivity index (χ0n) is 91.5. The highest BCUT2D eigenvalue weighted by Crippen LogP contribution is 2.41. The van der Waals surface area contributed by atoms with Crippen molar-refractivity contribution in [2.45, 2.75) is 304 Å². The second kappa shape index (κ2) is 64.0. The van der Waals surface area contributed by atoms with E-state index in [-0.39, 0.29) is 99.7 Å². The lowest BCUT2D eigenvalue weighted by Gasteiger charge is -2.30. The van der Waals surface area contributed by atoms with Crippen molar-refractivity contribution < 1.29 is 146 Å². The van der Waals surface area contributed by atoms with E-state index in [0.717, 1.165) is 16.7 Å². The van der Waals surface area contributed by atoms with Gasteiger partial charge in [0.05, 0.1) is 80.4 Å². The number of rotatable bonds is 13. The molecule has 8 bridgehead atoms. The van der Waals surface area contributed by atoms with Crippen LogP contribution >= 0.6 is 0 Å². The fourth-order valence-corrected chi connectivity index (χ4v) is 19.4. The molecule has 8 amide bonds. The van der Waals surface area contributed by atoms with Crippen molar-refractivity contribution in [1.29, 1.82) is 0 Å². The Kier molecular flexibility index (Phi) is 54.9. The third kappa shape index (κ3) is 42.0. The molecule has 150 heavy (non-hydrogen) atoms. The molecule has 4 aromatic rings. The standard InChI is InChI=1S/C29H44N2O8.C28H42N2O8.C28H42N2O7.C27H40N2O7/c1-16-11-20-14-21(15-22(32)27(20)38-7)31-28(34)17(2)9-8-10-23(36-5)26(39-29(30)35)19(4)13-18(3)25(33)24(12-16)37-6;1-15-10-19-13-20(14-21(31)25(19)33)30-27(34)16(2)8-7-9-22(36-5)26(38-28(29)35)18(4)12-17(3)24(32)23(11-15)37-6;1-16-10-20-13-21(15-22(31)14-20)30-27(33)17(2)8-7-9-23(35-5)26(37-28(29)34)19(4)12-18(3)25(32)24(11-16)36-6;1-16-10-19-13-20(15-21(30)14-19)29-24(31)9-7-6-8-22(34-4)26(36-27(28)33)18(3)12-17(2)25(32)23(11-16)35-5/h9,13-16,18,23-26,32-33H,8,10-12H2,1-7H3,(H2,30,35)(H,31,34);8,12-15,17,22-24,26,31-33H,7,9-11H2,1-6H3,(H2,29,35)(H,30,34);8,12-16,18,23-26,31-32H,7,9-11H2,1-6H3,(H2,29,34)(H,30,33);7,9,12-17,22-23,25-26,30,32H,6,8,10-11H2,1-5H3,(H2,28,33)(H,29,31)/b17-9+,19-13+;16-8+,18-12+;17-8+,19-12+;9-7+,18-12+. The van der Waals surface area contributed by atoms with Crippen LogP contribution in [-0.2, 0) is 102 Å². The number of aliphatic hydroxyl groups excluding tert-OH is 4. The number of hydrogen-bond acceptors (Lipinski definition) is 30. The van der Waals surface area contributed by atoms with Gasteiger partial charge in [0.1, 0.15) is 11.5 Å². The molecular weight excluding hydrogens is 1940 g/mol. The highest BCUT2D eigenvalue weighted by molar-refractivity contribution is 6.05. The largest absolute Gasteiger partial charge is 0.508 e. The lowest BCUT2D eigenvalue weighted by Crippen LogP contribution is -2.37. The van der Waals surface area contributed by atoms with Gasteiger partial charge in [-0.25, -0.2) is 19.2 Å². The molecule has 4 aromatic carbocycles. The number of allylic oxidation sites excluding steroid dienone is 4. The van der Waals surface area contributed by atoms with Crippen molar-refractivity contribution in [3.05, 3.63) is 177 Å². The summed E-state index contributed by atoms with van der Waals surface area (Å²) in [6, 6.07) is 16.2. The molecule has 0 spiro atoms. The molecule has 8 rings (SSSR count). The van der Waals surface area contributed by atoms with Crippen molar-refractivity contribution in [3.63, 3.8) is 0 Å². The molecule has 38 heteroatoms. The van der Waals surface area contributed by atoms with Crippen LogP contribution < -0.4 is 48.9 Å². The summed E-state index contributed by atoms with van der Waals surface area (Å²) in [6.07, 6.45) is 9.42. The van der Waals surface area contributed by atoms with Crippen LogP contribution in [0, 0.1) is 47.3 Å². The van der Waals surface area contributed by atoms with Gasteiger partial charge in [-0.15, -0.1) is 0 Å². The summed E-state index contributed by atoms with van der Waals surface area (Å²) in [5, 5.41) is 107. The third-order valence-corrected chi connectivity index (χ3v) is 27.3. The van der Waals surface area contributed by atoms with E-state index >= 15 is 0 Å². The Labute approximate surface area is 883 Å². The van der Waals surface area contributed by atoms with Crippen LogP contribution in [0.3, 0.4) is 0 Å². The second-order valence-electron chi connectivity index (χ2n) is 40.0. The van der Waals surface area contributed by atoms with Crippen LogP contribution in [0.15, 0.2) is 154 Å². The van der Waals surface area contributed by atoms with E-state index in [1.807, 2.05) is 98.8 Å². The minimum atomic E-state index is -0.945. The van der Waals surface area contributed by atoms with Crippen LogP contribution in [0.5, 0.6) is 34.5 Å². The summed E-state index contributed by atoms with van der Waals surface area (Å²) in [7, 11) is 13.7. The van der Waals surface area contributed by atoms with Crippen molar-refractivity contribution in [1.82, 2.24) is 0 Å². The number of aromatic hydroxyl groups is 5. The molecule has 0 radical (unpaired) electrons. The number of amides is 8. The lowest BCUT2D eigenvalue weighted by atomic mass is 9.88. The molecule has 0 saturated carbocycles. The number of methoxy groups -OCH3 is 9. The SMILES string of the molecule is COC1CC/C=C(\C)C(=O)Nc2cc(O)c(O)c(c2)CC(C)CC(OC)C(O)C(C)/C=C(\C)C1OC(N)=O.COC1CC/C=C(\C)C(=O)Nc2cc(O)cc(c2)CC(C)CC(OC)C(O)C(C)/C=C(\C)C1OC(N)=O.COC1CC/C=C/C(=O)Nc2cc(O)cc(c2)CC(C)CC(OC)C(O)C(C)/C=C(\C)C1OC(N)=O.COc1c(O)cc2cc1CC(C)CC(OC)C(O)C(C)/C=C(\C)C(OC(N)=O)C(OC)CC/C=C(\C)C(=O)N2. The normalized spacial score (nSPS) is 30.9. The number of carbonyl (C=O) groups is 8. The smallest absolute Gasteiger partial charge is 0.405 e. The van der Waals surface area contributed by atoms with Crippen molar-refractivity contribution >= 4 is 70.8 Å². The Morgan fingerprint density at radius 2 is 0.593 bits per heavy atom. The molecule has 4 aliphatic heterocycles. The topological polar surface area (TPSA) is 591 Å². The Bertz CT molecular complexity index is 5300. The summed E-state index contributed by atoms with van der Waals surface area (Å²) >= 11 is 0. The Morgan fingerprint density at radius 1 is 0.327 bits per heavy atom. The predicted octanol–water partition coefficient (Wildman–Crippen LogP) is 15.6. The number of ether oxygens (including phenoxy) is 13. The molecule has 38 nitrogen and oxygen atoms in total. The van der Waals surface area contributed by atoms with Gasteiger partial charge in [0.25, 0.3) is 17.7 Å². The van der Waals surface area contributed by atoms with E-state index in [1.54, 1.807) is 111 Å². The van der Waals surface area contributed by atoms with Crippen molar-refractivity contribution in [2.24, 2.45) is 70.3 Å². The minimum absolute atomic E-state index is 0.0219. The molecule has 0 fully saturated rings. The van der Waals surface area contributed by atoms with Gasteiger partial charge in [-0.3, -0.25) is 19.2 Å². The van der Waals surface area contributed by atoms with Gasteiger partial charge < -0.3 is 152 Å². The minimum Gasteiger partial charge on any atom is -0.508 e. The molecule has 0 saturated heterocycles. The number of primary amides is 4. The van der Waals surface area contributed by atoms with Crippen molar-refractivity contribution in [2.75, 3.05) is 85.3 Å². The number of carbonyl (C=O) groups excluding carboxylic acids is 8. The van der Waals surface area contributed by atoms with Crippen LogP contribution in [0.2, 0.25) is 0 Å². The van der Waals surface area contributed by atoms with E-state index in [0.29, 0.717) is 176 Å². The van der Waals surface area contributed by atoms with E-state index < -0.39 is 122 Å². The third-order valence-electron chi connectivity index (χ3n) is 27.3. The summed E-state index contributed by atoms with van der Waals surface area (Å²) in [5.74, 6) is -2.64. The molecule has 0 aliphatic carbocycles. The second-order valence-corrected chi connectivity index (χ2v) is 40.0. The number of phenols is 5. The zero-order valence-corrected chi connectivity index (χ0v) is 91.5. The predicted molar refractivity (Wildman–Crippen MR) is 572 cm³/mol. The van der Waals surface area contributed by atoms with Crippen molar-refractivity contribution in [3.8, 4) is 34.5 Å². The number of nitrogens with one attached hydrogen (secondary N) is 4. The molecule has 4 heterocycles. The van der Waals surface area contributed by atoms with Crippen LogP contribution in [0.25, 0.3) is 0 Å². The van der Waals surface area contributed by atoms with Gasteiger partial charge in [-0.1, -0.05) is 104 Å². The van der Waals surface area contributed by atoms with Crippen LogP contribution in [0.1, 0.15) is 203 Å². The first-order valence-electron chi connectivity index (χ1n) is 50.8. The van der Waals surface area contributed by atoms with E-state index in [9.17, 15) is 84.3 Å². The maximum absolute atomic E-state index is 12.9. The van der Waals surface area contributed by atoms with Gasteiger partial charge in [0, 0.05) is 155 Å². The van der Waals surface area contributed by atoms with E-state index in [1.165, 1.54) is 73.0 Å². The molecule has 21 N–H and O–H groups in total. The molecule has 0 aromatic heterocycles. The number of fused-ring (bicyclic) bond motifs is 8. The van der Waals surface area contributed by atoms with Gasteiger partial charge in [-0.2, -0.15) is 0 Å². The number of aliphatic hydroxyl groups is 4. The number of anilines is 4. The lowest BCUT2D eigenvalue weighted by molar-refractivity contribution is -0.113. The number of benzene rings is 4. The fraction of sp³-hybridized carbons (Fsp3) is 0.571. The molecule has 836 valence electrons. The van der Waals surface area contributed by atoms with Gasteiger partial charge in [0.2, 0.25) is 5.91 Å². The highest BCUT2D eigenvalue weighted by Gasteiger charge is 2.38. The first-order valence-corrected chi connectivity index (χ1v) is 50.8. The molecule has 24 unspecified atom stereocenters. The van der Waals surface area contributed by atoms with Gasteiger partial charge in [0.15, 0.2) is 47.4 Å². The fourth-order valence-electron chi connectivity index (χ4n) is 19.4. The summed E-state index contributed by atoms with van der Waals surface area (Å²) in [5.41, 5.74) is 30.3. The summed E-state index contributed by atoms with van der Waals surface area (Å²) < 4.78 is 72.2. The number of hydrogen-bond donors (Lipinski definition) is 17. The summed E-state index contributed by atoms with van der Waals surface area (Å²) in [6.45, 7) is 27.8. The molecule has 4 aliphatic rings. The zero-order chi connectivity index (χ0) is 112. The average molecular weight is 2110 g/mol. The number of phenolic OH excluding ortho intramolecular Hbond substituents is 5. The molecular formula is C112H168N8O30. The maximum Gasteiger partial charge on any atom is 0.405 e. The summed E-state index contributed by atoms with van der Waals surface area (Å²) in [4.78, 5) is 97.6. The molecule has 24 atom stereocenters. The van der Waals surface area contributed by atoms with E-state index in [4.69, 9.17) is 84.5 Å². The first-order chi connectivity index (χ1) is 70.8. The average Bonchev–Trinajstić information content (AvgIpc) is 0.986. The first kappa shape index (κ1) is 129. The Balaban J connectivity index is 0.000000351. The van der Waals surface area contributed by atoms with E-state index in [2.05, 4.69) is 21.3 Å². The van der Waals surface area contributed by atoms with Gasteiger partial charge in [-0.05, 0) is 251 Å². The van der Waals surface area contributed by atoms with Crippen LogP contribution in [0.4, 0.5) is 41.9 Å². The van der Waals surface area contributed by atoms with Crippen LogP contribution in [-0.4, -0.2) is 256 Å². The Morgan fingerprint density at radius 3 is 0.887 bits per heavy atom. The Hall–Kier alpha value is -11.9. The quantitative estimate of drug-likeness (QED) is 0.0256. The van der Waals surface area contributed by atoms with Gasteiger partial charge >= 0.3 is 24.4 Å². The number of nitrogens with two attached hydrogens (primary N) is 4. The maximum atomic E-state index is 12.9. The highest BCUT2D eigenvalue weighted by atomic mass is 16.6. The monoisotopic (exact) mass is 2110 g/mol.